The number of furan rings is 1. The summed E-state index contributed by atoms with van der Waals surface area (Å²) in [4.78, 5) is 17.6. The fourth-order valence-corrected chi connectivity index (χ4v) is 3.77. The smallest absolute Gasteiger partial charge is 0.143 e. The van der Waals surface area contributed by atoms with E-state index < -0.39 is 11.8 Å². The van der Waals surface area contributed by atoms with Crippen molar-refractivity contribution < 1.29 is 13.9 Å². The molecule has 1 aromatic heterocycles. The molecule has 0 amide bonds. The van der Waals surface area contributed by atoms with Gasteiger partial charge in [0.05, 0.1) is 48.7 Å². The lowest BCUT2D eigenvalue weighted by Crippen LogP contribution is -2.43. The molecule has 1 aliphatic carbocycles. The van der Waals surface area contributed by atoms with E-state index in [1.807, 2.05) is 6.07 Å². The molecule has 25 heavy (non-hydrogen) atoms. The van der Waals surface area contributed by atoms with Gasteiger partial charge in [-0.1, -0.05) is 13.8 Å². The minimum Gasteiger partial charge on any atom is -0.469 e. The van der Waals surface area contributed by atoms with Crippen LogP contribution in [0.25, 0.3) is 0 Å². The Bertz CT molecular complexity index is 753. The van der Waals surface area contributed by atoms with E-state index in [1.54, 1.807) is 12.3 Å². The summed E-state index contributed by atoms with van der Waals surface area (Å²) in [6.45, 7) is 5.15. The van der Waals surface area contributed by atoms with E-state index in [4.69, 9.17) is 14.9 Å². The van der Waals surface area contributed by atoms with E-state index in [0.717, 1.165) is 12.1 Å². The monoisotopic (exact) mass is 341 g/mol. The molecule has 1 aliphatic heterocycles. The Labute approximate surface area is 147 Å². The molecule has 1 aromatic rings. The Hall–Kier alpha value is -2.23. The van der Waals surface area contributed by atoms with Gasteiger partial charge in [-0.25, -0.2) is 0 Å². The maximum atomic E-state index is 12.9. The first-order valence-corrected chi connectivity index (χ1v) is 8.51. The van der Waals surface area contributed by atoms with Crippen molar-refractivity contribution in [3.05, 3.63) is 35.4 Å². The molecule has 3 rings (SSSR count). The van der Waals surface area contributed by atoms with Gasteiger partial charge in [-0.15, -0.1) is 0 Å². The minimum absolute atomic E-state index is 0.117. The number of Topliss-reactive ketones (excluding diaryl/α,β-unsaturated/α-hetero) is 1. The highest BCUT2D eigenvalue weighted by Gasteiger charge is 2.47. The zero-order chi connectivity index (χ0) is 18.0. The van der Waals surface area contributed by atoms with Gasteiger partial charge in [-0.05, 0) is 24.0 Å². The third kappa shape index (κ3) is 3.44. The number of hydrogen-bond acceptors (Lipinski definition) is 6. The van der Waals surface area contributed by atoms with E-state index in [0.29, 0.717) is 36.6 Å². The predicted octanol–water partition coefficient (Wildman–Crippen LogP) is 2.58. The van der Waals surface area contributed by atoms with Crippen LogP contribution in [-0.2, 0) is 9.53 Å². The zero-order valence-corrected chi connectivity index (χ0v) is 14.6. The van der Waals surface area contributed by atoms with Crippen LogP contribution in [0.3, 0.4) is 0 Å². The molecule has 2 aliphatic rings. The van der Waals surface area contributed by atoms with Gasteiger partial charge in [-0.2, -0.15) is 5.26 Å². The van der Waals surface area contributed by atoms with Crippen molar-refractivity contribution in [2.45, 2.75) is 32.6 Å². The third-order valence-corrected chi connectivity index (χ3v) is 4.72. The van der Waals surface area contributed by atoms with Crippen molar-refractivity contribution in [3.63, 3.8) is 0 Å². The van der Waals surface area contributed by atoms with E-state index >= 15 is 0 Å². The molecule has 6 nitrogen and oxygen atoms in total. The lowest BCUT2D eigenvalue weighted by molar-refractivity contribution is -0.124. The normalized spacial score (nSPS) is 25.4. The SMILES string of the molecule is CC1(C)CC(=O)C2C(=NC(COCCN)=C(C#N)C2c2ccco2)C1. The predicted molar refractivity (Wildman–Crippen MR) is 92.9 cm³/mol. The first-order valence-electron chi connectivity index (χ1n) is 8.51. The number of nitrogens with zero attached hydrogens (tertiary/aromatic N) is 2. The van der Waals surface area contributed by atoms with Crippen molar-refractivity contribution in [1.82, 2.24) is 0 Å². The average molecular weight is 341 g/mol. The van der Waals surface area contributed by atoms with Crippen LogP contribution in [0.5, 0.6) is 0 Å². The zero-order valence-electron chi connectivity index (χ0n) is 14.6. The molecule has 0 aromatic carbocycles. The summed E-state index contributed by atoms with van der Waals surface area (Å²) in [7, 11) is 0. The van der Waals surface area contributed by atoms with Crippen molar-refractivity contribution in [2.24, 2.45) is 22.1 Å². The summed E-state index contributed by atoms with van der Waals surface area (Å²) in [6, 6.07) is 5.83. The number of carbonyl (C=O) groups is 1. The Balaban J connectivity index is 2.06. The number of nitrogens with two attached hydrogens (primary N) is 1. The molecule has 132 valence electrons. The van der Waals surface area contributed by atoms with Crippen molar-refractivity contribution in [2.75, 3.05) is 19.8 Å². The highest BCUT2D eigenvalue weighted by Crippen LogP contribution is 2.46. The summed E-state index contributed by atoms with van der Waals surface area (Å²) in [5.74, 6) is -0.107. The van der Waals surface area contributed by atoms with E-state index in [9.17, 15) is 10.1 Å². The van der Waals surface area contributed by atoms with Gasteiger partial charge in [-0.3, -0.25) is 9.79 Å². The highest BCUT2D eigenvalue weighted by molar-refractivity contribution is 6.10. The molecule has 0 spiro atoms. The van der Waals surface area contributed by atoms with Crippen LogP contribution in [0.2, 0.25) is 0 Å². The standard InChI is InChI=1S/C19H23N3O3/c1-19(2)8-13-18(15(23)9-19)17(16-4-3-6-25-16)12(10-21)14(22-13)11-24-7-5-20/h3-4,6,17-18H,5,7-9,11,20H2,1-2H3. The molecule has 0 saturated heterocycles. The first kappa shape index (κ1) is 17.6. The Morgan fingerprint density at radius 1 is 1.44 bits per heavy atom. The largest absolute Gasteiger partial charge is 0.469 e. The van der Waals surface area contributed by atoms with Gasteiger partial charge < -0.3 is 14.9 Å². The molecule has 0 radical (unpaired) electrons. The Morgan fingerprint density at radius 2 is 2.24 bits per heavy atom. The number of nitriles is 1. The fourth-order valence-electron chi connectivity index (χ4n) is 3.77. The molecule has 2 unspecified atom stereocenters. The fraction of sp³-hybridized carbons (Fsp3) is 0.526. The van der Waals surface area contributed by atoms with Gasteiger partial charge in [0.2, 0.25) is 0 Å². The van der Waals surface area contributed by atoms with Gasteiger partial charge in [0, 0.05) is 18.7 Å². The molecular formula is C19H23N3O3. The Morgan fingerprint density at radius 3 is 2.88 bits per heavy atom. The van der Waals surface area contributed by atoms with Gasteiger partial charge in [0.25, 0.3) is 0 Å². The van der Waals surface area contributed by atoms with E-state index in [1.165, 1.54) is 0 Å². The quantitative estimate of drug-likeness (QED) is 0.829. The average Bonchev–Trinajstić information content (AvgIpc) is 3.06. The number of ketones is 1. The lowest BCUT2D eigenvalue weighted by atomic mass is 9.64. The minimum atomic E-state index is -0.424. The third-order valence-electron chi connectivity index (χ3n) is 4.72. The number of hydrogen-bond donors (Lipinski definition) is 1. The van der Waals surface area contributed by atoms with Crippen LogP contribution in [-0.4, -0.2) is 31.3 Å². The van der Waals surface area contributed by atoms with Crippen LogP contribution < -0.4 is 5.73 Å². The van der Waals surface area contributed by atoms with Crippen molar-refractivity contribution in [1.29, 1.82) is 5.26 Å². The second kappa shape index (κ2) is 6.95. The summed E-state index contributed by atoms with van der Waals surface area (Å²) >= 11 is 0. The number of allylic oxidation sites excluding steroid dienone is 1. The Kier molecular flexibility index (Phi) is 4.89. The first-order chi connectivity index (χ1) is 12.0. The van der Waals surface area contributed by atoms with E-state index in [-0.39, 0.29) is 17.8 Å². The lowest BCUT2D eigenvalue weighted by Gasteiger charge is -2.39. The molecule has 1 saturated carbocycles. The summed E-state index contributed by atoms with van der Waals surface area (Å²) in [5, 5.41) is 9.76. The molecule has 1 fully saturated rings. The van der Waals surface area contributed by atoms with Crippen LogP contribution in [0.4, 0.5) is 0 Å². The van der Waals surface area contributed by atoms with Crippen molar-refractivity contribution in [3.8, 4) is 6.07 Å². The highest BCUT2D eigenvalue weighted by atomic mass is 16.5. The van der Waals surface area contributed by atoms with Crippen LogP contribution in [0.15, 0.2) is 39.1 Å². The molecular weight excluding hydrogens is 318 g/mol. The molecule has 2 N–H and O–H groups in total. The number of fused-ring (bicyclic) bond motifs is 1. The van der Waals surface area contributed by atoms with Gasteiger partial charge in [0.15, 0.2) is 0 Å². The van der Waals surface area contributed by atoms with Crippen LogP contribution >= 0.6 is 0 Å². The number of carbonyl (C=O) groups excluding carboxylic acids is 1. The van der Waals surface area contributed by atoms with Gasteiger partial charge in [0.1, 0.15) is 11.5 Å². The number of rotatable bonds is 5. The molecule has 6 heteroatoms. The maximum Gasteiger partial charge on any atom is 0.143 e. The molecule has 2 heterocycles. The summed E-state index contributed by atoms with van der Waals surface area (Å²) in [6.07, 6.45) is 2.77. The van der Waals surface area contributed by atoms with Gasteiger partial charge >= 0.3 is 0 Å². The summed E-state index contributed by atoms with van der Waals surface area (Å²) in [5.41, 5.74) is 7.20. The maximum absolute atomic E-state index is 12.9. The number of aliphatic imine (C=N–C) groups is 1. The number of ether oxygens (including phenoxy) is 1. The van der Waals surface area contributed by atoms with Crippen molar-refractivity contribution >= 4 is 11.5 Å². The molecule has 0 bridgehead atoms. The topological polar surface area (TPSA) is 102 Å². The van der Waals surface area contributed by atoms with Crippen LogP contribution in [0.1, 0.15) is 38.4 Å². The second-order valence-corrected chi connectivity index (χ2v) is 7.37. The second-order valence-electron chi connectivity index (χ2n) is 7.37. The molecule has 2 atom stereocenters. The van der Waals surface area contributed by atoms with Crippen LogP contribution in [0, 0.1) is 22.7 Å². The summed E-state index contributed by atoms with van der Waals surface area (Å²) < 4.78 is 11.1. The van der Waals surface area contributed by atoms with E-state index in [2.05, 4.69) is 24.9 Å².